The lowest BCUT2D eigenvalue weighted by atomic mass is 9.88. The molecule has 1 aromatic carbocycles. The Bertz CT molecular complexity index is 353. The summed E-state index contributed by atoms with van der Waals surface area (Å²) >= 11 is -0.113. The molecule has 0 aliphatic carbocycles. The van der Waals surface area contributed by atoms with E-state index in [0.29, 0.717) is 10.8 Å². The molecule has 0 spiro atoms. The van der Waals surface area contributed by atoms with E-state index in [4.69, 9.17) is 0 Å². The molecule has 0 aromatic heterocycles. The zero-order chi connectivity index (χ0) is 13.1. The summed E-state index contributed by atoms with van der Waals surface area (Å²) in [7, 11) is 0. The van der Waals surface area contributed by atoms with Crippen LogP contribution in [0.1, 0.15) is 47.1 Å². The van der Waals surface area contributed by atoms with Gasteiger partial charge in [0.15, 0.2) is 0 Å². The molecule has 0 atom stereocenters. The third-order valence-electron chi connectivity index (χ3n) is 2.98. The van der Waals surface area contributed by atoms with Gasteiger partial charge in [-0.05, 0) is 11.8 Å². The van der Waals surface area contributed by atoms with E-state index in [9.17, 15) is 0 Å². The molecule has 0 aliphatic rings. The van der Waals surface area contributed by atoms with Gasteiger partial charge in [0.25, 0.3) is 0 Å². The van der Waals surface area contributed by atoms with Crippen LogP contribution in [0.15, 0.2) is 24.3 Å². The van der Waals surface area contributed by atoms with Crippen LogP contribution in [0.4, 0.5) is 0 Å². The fourth-order valence-electron chi connectivity index (χ4n) is 2.05. The van der Waals surface area contributed by atoms with Gasteiger partial charge in [-0.3, -0.25) is 0 Å². The average molecular weight is 243 g/mol. The lowest BCUT2D eigenvalue weighted by molar-refractivity contribution is 0.412. The number of hydrogen-bond donors (Lipinski definition) is 0. The second kappa shape index (κ2) is 5.75. The molecule has 1 aromatic rings. The van der Waals surface area contributed by atoms with Crippen molar-refractivity contribution in [2.45, 2.75) is 52.5 Å². The third kappa shape index (κ3) is 6.47. The Labute approximate surface area is 117 Å². The summed E-state index contributed by atoms with van der Waals surface area (Å²) < 4.78 is 3.08. The Morgan fingerprint density at radius 2 is 1.47 bits per heavy atom. The van der Waals surface area contributed by atoms with Crippen LogP contribution in [0.2, 0.25) is 4.55 Å². The highest BCUT2D eigenvalue weighted by molar-refractivity contribution is 6.54. The van der Waals surface area contributed by atoms with Crippen LogP contribution >= 0.6 is 0 Å². The molecular weight excluding hydrogens is 216 g/mol. The Morgan fingerprint density at radius 3 is 2.00 bits per heavy atom. The van der Waals surface area contributed by atoms with Crippen LogP contribution in [-0.4, -0.2) is 20.4 Å². The Hall–Kier alpha value is -0.0138. The molecule has 0 unspecified atom stereocenters. The quantitative estimate of drug-likeness (QED) is 0.701. The lowest BCUT2D eigenvalue weighted by Gasteiger charge is -2.22. The van der Waals surface area contributed by atoms with Crippen LogP contribution in [0.25, 0.3) is 0 Å². The summed E-state index contributed by atoms with van der Waals surface area (Å²) in [4.78, 5) is 0. The topological polar surface area (TPSA) is 0 Å². The van der Waals surface area contributed by atoms with Gasteiger partial charge in [0.2, 0.25) is 0 Å². The van der Waals surface area contributed by atoms with E-state index >= 15 is 0 Å². The van der Waals surface area contributed by atoms with Crippen molar-refractivity contribution in [2.24, 2.45) is 10.8 Å². The van der Waals surface area contributed by atoms with Gasteiger partial charge in [0.05, 0.1) is 0 Å². The summed E-state index contributed by atoms with van der Waals surface area (Å²) in [5.74, 6) is 0. The standard InChI is InChI=1S/C11H15.C5H11.Mg/c1-11(2,3)9-10-7-5-4-6-8-10;1-5(2,3)4;/h4-7H,9H2,1-3H3;1H2,2-4H3;. The van der Waals surface area contributed by atoms with Crippen LogP contribution in [-0.2, 0) is 6.42 Å². The Kier molecular flexibility index (Phi) is 5.09. The normalized spacial score (nSPS) is 12.4. The molecule has 92 valence electrons. The van der Waals surface area contributed by atoms with Crippen molar-refractivity contribution in [2.75, 3.05) is 0 Å². The maximum atomic E-state index is 2.36. The first-order chi connectivity index (χ1) is 7.67. The zero-order valence-corrected chi connectivity index (χ0v) is 13.8. The maximum absolute atomic E-state index is 2.36. The van der Waals surface area contributed by atoms with Crippen molar-refractivity contribution in [3.05, 3.63) is 29.8 Å². The summed E-state index contributed by atoms with van der Waals surface area (Å²) in [5, 5.41) is 0. The van der Waals surface area contributed by atoms with Crippen LogP contribution in [0.5, 0.6) is 0 Å². The first-order valence-corrected chi connectivity index (χ1v) is 8.45. The molecule has 0 radical (unpaired) electrons. The second-order valence-corrected chi connectivity index (χ2v) is 9.33. The average Bonchev–Trinajstić information content (AvgIpc) is 2.12. The monoisotopic (exact) mass is 242 g/mol. The third-order valence-corrected chi connectivity index (χ3v) is 5.96. The van der Waals surface area contributed by atoms with E-state index < -0.39 is 0 Å². The van der Waals surface area contributed by atoms with E-state index in [-0.39, 0.29) is 20.4 Å². The van der Waals surface area contributed by atoms with Crippen molar-refractivity contribution in [3.8, 4) is 0 Å². The minimum Gasteiger partial charge on any atom is -0.171 e. The van der Waals surface area contributed by atoms with E-state index in [2.05, 4.69) is 65.8 Å². The fraction of sp³-hybridized carbons (Fsp3) is 0.625. The summed E-state index contributed by atoms with van der Waals surface area (Å²) in [6.45, 7) is 14.0. The molecule has 0 bridgehead atoms. The van der Waals surface area contributed by atoms with Crippen molar-refractivity contribution >= 4 is 24.1 Å². The molecule has 17 heavy (non-hydrogen) atoms. The molecule has 0 saturated heterocycles. The van der Waals surface area contributed by atoms with Gasteiger partial charge in [-0.2, -0.15) is 3.69 Å². The molecule has 0 heterocycles. The molecule has 0 amide bonds. The van der Waals surface area contributed by atoms with Gasteiger partial charge in [0, 0.05) is 0 Å². The highest BCUT2D eigenvalue weighted by Crippen LogP contribution is 2.21. The summed E-state index contributed by atoms with van der Waals surface area (Å²) in [6, 6.07) is 9.09. The van der Waals surface area contributed by atoms with Crippen molar-refractivity contribution < 1.29 is 0 Å². The van der Waals surface area contributed by atoms with Gasteiger partial charge in [-0.15, -0.1) is 4.55 Å². The molecular formula is C16H26Mg. The first-order valence-electron chi connectivity index (χ1n) is 6.74. The van der Waals surface area contributed by atoms with E-state index in [1.807, 2.05) is 0 Å². The van der Waals surface area contributed by atoms with Crippen LogP contribution in [0, 0.1) is 10.8 Å². The highest BCUT2D eigenvalue weighted by atomic mass is 24.5. The largest absolute Gasteiger partial charge is 0.410 e. The highest BCUT2D eigenvalue weighted by Gasteiger charge is 2.17. The smallest absolute Gasteiger partial charge is 0.171 e. The molecule has 1 rings (SSSR count). The molecule has 0 N–H and O–H groups in total. The van der Waals surface area contributed by atoms with Gasteiger partial charge in [-0.1, -0.05) is 76.8 Å². The SMILES string of the molecule is CC(C)(C)[CH2][Mg][c]1ccccc1CC(C)(C)C. The molecule has 0 saturated carbocycles. The Balaban J connectivity index is 2.78. The van der Waals surface area contributed by atoms with Crippen molar-refractivity contribution in [1.82, 2.24) is 0 Å². The molecule has 1 heteroatoms. The first kappa shape index (κ1) is 15.0. The van der Waals surface area contributed by atoms with Crippen LogP contribution < -0.4 is 3.69 Å². The van der Waals surface area contributed by atoms with Gasteiger partial charge >= 0.3 is 20.4 Å². The van der Waals surface area contributed by atoms with Gasteiger partial charge in [-0.25, -0.2) is 0 Å². The number of benzene rings is 1. The Morgan fingerprint density at radius 1 is 0.882 bits per heavy atom. The summed E-state index contributed by atoms with van der Waals surface area (Å²) in [6.07, 6.45) is 1.21. The molecule has 0 fully saturated rings. The fourth-order valence-corrected chi connectivity index (χ4v) is 3.94. The van der Waals surface area contributed by atoms with E-state index in [1.54, 1.807) is 9.26 Å². The maximum Gasteiger partial charge on any atom is 0.410 e. The van der Waals surface area contributed by atoms with E-state index in [0.717, 1.165) is 0 Å². The van der Waals surface area contributed by atoms with E-state index in [1.165, 1.54) is 11.0 Å². The zero-order valence-electron chi connectivity index (χ0n) is 12.4. The minimum absolute atomic E-state index is 0.113. The predicted octanol–water partition coefficient (Wildman–Crippen LogP) is 4.07. The minimum atomic E-state index is -0.113. The number of hydrogen-bond acceptors (Lipinski definition) is 0. The van der Waals surface area contributed by atoms with Gasteiger partial charge < -0.3 is 0 Å². The lowest BCUT2D eigenvalue weighted by Crippen LogP contribution is -2.25. The van der Waals surface area contributed by atoms with Gasteiger partial charge in [0.1, 0.15) is 0 Å². The van der Waals surface area contributed by atoms with Crippen molar-refractivity contribution in [3.63, 3.8) is 0 Å². The molecule has 0 aliphatic heterocycles. The number of rotatable bonds is 3. The predicted molar refractivity (Wildman–Crippen MR) is 79.3 cm³/mol. The van der Waals surface area contributed by atoms with Crippen LogP contribution in [0.3, 0.4) is 0 Å². The molecule has 0 nitrogen and oxygen atoms in total. The van der Waals surface area contributed by atoms with Crippen molar-refractivity contribution in [1.29, 1.82) is 0 Å². The second-order valence-electron chi connectivity index (χ2n) is 7.57. The summed E-state index contributed by atoms with van der Waals surface area (Å²) in [5.41, 5.74) is 2.48.